The van der Waals surface area contributed by atoms with Gasteiger partial charge < -0.3 is 15.3 Å². The number of carboxylic acids is 1. The van der Waals surface area contributed by atoms with Gasteiger partial charge in [0, 0.05) is 26.1 Å². The van der Waals surface area contributed by atoms with Crippen LogP contribution in [0.5, 0.6) is 0 Å². The second-order valence-electron chi connectivity index (χ2n) is 4.78. The molecule has 1 aliphatic heterocycles. The van der Waals surface area contributed by atoms with E-state index in [0.29, 0.717) is 25.4 Å². The number of carbonyl (C=O) groups excluding carboxylic acids is 1. The van der Waals surface area contributed by atoms with Crippen molar-refractivity contribution in [1.29, 1.82) is 0 Å². The van der Waals surface area contributed by atoms with Gasteiger partial charge in [-0.25, -0.2) is 4.79 Å². The van der Waals surface area contributed by atoms with Crippen LogP contribution in [0.3, 0.4) is 0 Å². The quantitative estimate of drug-likeness (QED) is 0.741. The Labute approximate surface area is 95.8 Å². The molecule has 1 saturated heterocycles. The number of carboxylic acid groups (broad SMARTS) is 1. The molecular weight excluding hydrogens is 208 g/mol. The summed E-state index contributed by atoms with van der Waals surface area (Å²) in [6.07, 6.45) is 0.806. The molecule has 16 heavy (non-hydrogen) atoms. The Kier molecular flexibility index (Phi) is 4.58. The minimum atomic E-state index is -0.771. The highest BCUT2D eigenvalue weighted by molar-refractivity contribution is 5.75. The molecule has 1 heterocycles. The molecular formula is C11H20N2O3. The number of hydrogen-bond acceptors (Lipinski definition) is 2. The Morgan fingerprint density at radius 3 is 2.88 bits per heavy atom. The molecule has 1 rings (SSSR count). The van der Waals surface area contributed by atoms with E-state index < -0.39 is 5.97 Å². The summed E-state index contributed by atoms with van der Waals surface area (Å²) in [6, 6.07) is -0.0275. The molecule has 0 saturated carbocycles. The lowest BCUT2D eigenvalue weighted by Crippen LogP contribution is -2.52. The zero-order chi connectivity index (χ0) is 12.1. The molecule has 0 aliphatic carbocycles. The van der Waals surface area contributed by atoms with Gasteiger partial charge in [-0.3, -0.25) is 4.79 Å². The highest BCUT2D eigenvalue weighted by Gasteiger charge is 2.25. The highest BCUT2D eigenvalue weighted by atomic mass is 16.4. The number of nitrogens with zero attached hydrogens (tertiary/aromatic N) is 1. The highest BCUT2D eigenvalue weighted by Crippen LogP contribution is 2.14. The summed E-state index contributed by atoms with van der Waals surface area (Å²) >= 11 is 0. The lowest BCUT2D eigenvalue weighted by molar-refractivity contribution is -0.137. The Morgan fingerprint density at radius 1 is 1.62 bits per heavy atom. The zero-order valence-corrected chi connectivity index (χ0v) is 9.90. The number of nitrogens with one attached hydrogen (secondary N) is 1. The number of amides is 2. The minimum Gasteiger partial charge on any atom is -0.481 e. The molecule has 1 fully saturated rings. The van der Waals surface area contributed by atoms with Crippen molar-refractivity contribution < 1.29 is 14.7 Å². The standard InChI is InChI=1S/C11H20N2O3/c1-8(2)6-13-7-9(3-4-10(14)15)5-12-11(13)16/h8-9H,3-7H2,1-2H3,(H,12,16)(H,14,15). The summed E-state index contributed by atoms with van der Waals surface area (Å²) in [6.45, 7) is 6.13. The Morgan fingerprint density at radius 2 is 2.31 bits per heavy atom. The normalized spacial score (nSPS) is 21.1. The van der Waals surface area contributed by atoms with Crippen LogP contribution >= 0.6 is 0 Å². The monoisotopic (exact) mass is 228 g/mol. The van der Waals surface area contributed by atoms with Crippen molar-refractivity contribution in [1.82, 2.24) is 10.2 Å². The smallest absolute Gasteiger partial charge is 0.317 e. The van der Waals surface area contributed by atoms with Crippen molar-refractivity contribution in [3.05, 3.63) is 0 Å². The van der Waals surface area contributed by atoms with Crippen LogP contribution in [0.1, 0.15) is 26.7 Å². The minimum absolute atomic E-state index is 0.0275. The molecule has 0 spiro atoms. The lowest BCUT2D eigenvalue weighted by Gasteiger charge is -2.34. The summed E-state index contributed by atoms with van der Waals surface area (Å²) in [5, 5.41) is 11.4. The second kappa shape index (κ2) is 5.72. The fraction of sp³-hybridized carbons (Fsp3) is 0.818. The first-order valence-electron chi connectivity index (χ1n) is 5.73. The molecule has 0 aromatic rings. The lowest BCUT2D eigenvalue weighted by atomic mass is 10.0. The third-order valence-electron chi connectivity index (χ3n) is 2.66. The van der Waals surface area contributed by atoms with Crippen LogP contribution in [0.4, 0.5) is 4.79 Å². The van der Waals surface area contributed by atoms with Crippen LogP contribution in [-0.4, -0.2) is 41.6 Å². The SMILES string of the molecule is CC(C)CN1CC(CCC(=O)O)CNC1=O. The molecule has 0 aromatic carbocycles. The maximum Gasteiger partial charge on any atom is 0.317 e. The third-order valence-corrected chi connectivity index (χ3v) is 2.66. The summed E-state index contributed by atoms with van der Waals surface area (Å²) in [4.78, 5) is 23.8. The topological polar surface area (TPSA) is 69.6 Å². The van der Waals surface area contributed by atoms with E-state index in [4.69, 9.17) is 5.11 Å². The maximum atomic E-state index is 11.5. The van der Waals surface area contributed by atoms with Crippen LogP contribution < -0.4 is 5.32 Å². The fourth-order valence-corrected chi connectivity index (χ4v) is 1.92. The number of aliphatic carboxylic acids is 1. The van der Waals surface area contributed by atoms with E-state index in [0.717, 1.165) is 6.54 Å². The van der Waals surface area contributed by atoms with Crippen molar-refractivity contribution in [3.8, 4) is 0 Å². The number of urea groups is 1. The van der Waals surface area contributed by atoms with Crippen LogP contribution in [0.25, 0.3) is 0 Å². The van der Waals surface area contributed by atoms with Gasteiger partial charge in [0.25, 0.3) is 0 Å². The van der Waals surface area contributed by atoms with Gasteiger partial charge in [0.2, 0.25) is 0 Å². The molecule has 2 amide bonds. The number of hydrogen-bond donors (Lipinski definition) is 2. The first-order chi connectivity index (χ1) is 7.49. The predicted molar refractivity (Wildman–Crippen MR) is 60.2 cm³/mol. The second-order valence-corrected chi connectivity index (χ2v) is 4.78. The Balaban J connectivity index is 2.40. The number of carbonyl (C=O) groups is 2. The van der Waals surface area contributed by atoms with Crippen LogP contribution in [-0.2, 0) is 4.79 Å². The molecule has 5 heteroatoms. The summed E-state index contributed by atoms with van der Waals surface area (Å²) in [5.41, 5.74) is 0. The molecule has 0 aromatic heterocycles. The predicted octanol–water partition coefficient (Wildman–Crippen LogP) is 1.15. The molecule has 92 valence electrons. The van der Waals surface area contributed by atoms with Crippen molar-refractivity contribution in [2.45, 2.75) is 26.7 Å². The van der Waals surface area contributed by atoms with Gasteiger partial charge >= 0.3 is 12.0 Å². The first kappa shape index (κ1) is 12.8. The molecule has 0 radical (unpaired) electrons. The van der Waals surface area contributed by atoms with Crippen LogP contribution in [0.2, 0.25) is 0 Å². The van der Waals surface area contributed by atoms with E-state index in [-0.39, 0.29) is 18.4 Å². The molecule has 1 atom stereocenters. The van der Waals surface area contributed by atoms with Crippen molar-refractivity contribution in [3.63, 3.8) is 0 Å². The summed E-state index contributed by atoms with van der Waals surface area (Å²) < 4.78 is 0. The van der Waals surface area contributed by atoms with Gasteiger partial charge in [-0.2, -0.15) is 0 Å². The third kappa shape index (κ3) is 4.08. The van der Waals surface area contributed by atoms with Crippen LogP contribution in [0, 0.1) is 11.8 Å². The Hall–Kier alpha value is -1.26. The van der Waals surface area contributed by atoms with E-state index in [1.165, 1.54) is 0 Å². The van der Waals surface area contributed by atoms with Gasteiger partial charge in [-0.15, -0.1) is 0 Å². The molecule has 5 nitrogen and oxygen atoms in total. The van der Waals surface area contributed by atoms with E-state index >= 15 is 0 Å². The molecule has 2 N–H and O–H groups in total. The van der Waals surface area contributed by atoms with Gasteiger partial charge in [0.15, 0.2) is 0 Å². The largest absolute Gasteiger partial charge is 0.481 e. The average molecular weight is 228 g/mol. The van der Waals surface area contributed by atoms with Crippen molar-refractivity contribution in [2.75, 3.05) is 19.6 Å². The summed E-state index contributed by atoms with van der Waals surface area (Å²) in [7, 11) is 0. The van der Waals surface area contributed by atoms with Gasteiger partial charge in [-0.1, -0.05) is 13.8 Å². The number of rotatable bonds is 5. The average Bonchev–Trinajstić information content (AvgIpc) is 2.18. The van der Waals surface area contributed by atoms with Crippen molar-refractivity contribution in [2.24, 2.45) is 11.8 Å². The summed E-state index contributed by atoms with van der Waals surface area (Å²) in [5.74, 6) is -0.0798. The Bertz CT molecular complexity index is 266. The zero-order valence-electron chi connectivity index (χ0n) is 9.90. The van der Waals surface area contributed by atoms with Gasteiger partial charge in [-0.05, 0) is 18.3 Å². The van der Waals surface area contributed by atoms with Gasteiger partial charge in [0.1, 0.15) is 0 Å². The molecule has 0 bridgehead atoms. The fourth-order valence-electron chi connectivity index (χ4n) is 1.92. The molecule has 1 aliphatic rings. The van der Waals surface area contributed by atoms with Gasteiger partial charge in [0.05, 0.1) is 0 Å². The first-order valence-corrected chi connectivity index (χ1v) is 5.73. The van der Waals surface area contributed by atoms with Crippen molar-refractivity contribution >= 4 is 12.0 Å². The van der Waals surface area contributed by atoms with E-state index in [1.54, 1.807) is 4.90 Å². The maximum absolute atomic E-state index is 11.5. The van der Waals surface area contributed by atoms with E-state index in [1.807, 2.05) is 0 Å². The molecule has 1 unspecified atom stereocenters. The van der Waals surface area contributed by atoms with Crippen LogP contribution in [0.15, 0.2) is 0 Å². The van der Waals surface area contributed by atoms with E-state index in [2.05, 4.69) is 19.2 Å². The van der Waals surface area contributed by atoms with E-state index in [9.17, 15) is 9.59 Å².